The Kier molecular flexibility index (Phi) is 6.04. The van der Waals surface area contributed by atoms with Crippen molar-refractivity contribution in [3.8, 4) is 0 Å². The largest absolute Gasteiger partial charge is 0.423 e. The van der Waals surface area contributed by atoms with Gasteiger partial charge in [0.25, 0.3) is 11.9 Å². The van der Waals surface area contributed by atoms with Gasteiger partial charge in [-0.05, 0) is 57.5 Å². The van der Waals surface area contributed by atoms with E-state index in [2.05, 4.69) is 41.4 Å². The smallest absolute Gasteiger partial charge is 0.300 e. The predicted molar refractivity (Wildman–Crippen MR) is 120 cm³/mol. The Morgan fingerprint density at radius 2 is 1.97 bits per heavy atom. The van der Waals surface area contributed by atoms with Crippen LogP contribution < -0.4 is 10.6 Å². The minimum Gasteiger partial charge on any atom is -0.423 e. The Morgan fingerprint density at radius 3 is 2.73 bits per heavy atom. The lowest BCUT2D eigenvalue weighted by Gasteiger charge is -2.42. The van der Waals surface area contributed by atoms with Gasteiger partial charge >= 0.3 is 0 Å². The second kappa shape index (κ2) is 8.88. The normalized spacial score (nSPS) is 22.2. The van der Waals surface area contributed by atoms with E-state index in [9.17, 15) is 4.79 Å². The number of benzene rings is 2. The van der Waals surface area contributed by atoms with Crippen molar-refractivity contribution >= 4 is 28.7 Å². The summed E-state index contributed by atoms with van der Waals surface area (Å²) >= 11 is 0. The summed E-state index contributed by atoms with van der Waals surface area (Å²) in [5.74, 6) is -0.0860. The molecule has 6 heteroatoms. The zero-order valence-corrected chi connectivity index (χ0v) is 17.9. The monoisotopic (exact) mass is 406 g/mol. The number of aromatic nitrogens is 1. The van der Waals surface area contributed by atoms with Gasteiger partial charge in [0.2, 0.25) is 0 Å². The first kappa shape index (κ1) is 20.4. The van der Waals surface area contributed by atoms with Crippen LogP contribution in [0.5, 0.6) is 0 Å². The number of rotatable bonds is 6. The van der Waals surface area contributed by atoms with Gasteiger partial charge in [-0.1, -0.05) is 37.6 Å². The minimum absolute atomic E-state index is 0.0860. The van der Waals surface area contributed by atoms with E-state index in [-0.39, 0.29) is 11.9 Å². The summed E-state index contributed by atoms with van der Waals surface area (Å²) in [6.07, 6.45) is 4.24. The molecule has 3 atom stereocenters. The Morgan fingerprint density at radius 1 is 1.17 bits per heavy atom. The first-order chi connectivity index (χ1) is 14.5. The maximum Gasteiger partial charge on any atom is 0.300 e. The molecule has 0 aliphatic carbocycles. The Balaban J connectivity index is 1.52. The average molecular weight is 407 g/mol. The van der Waals surface area contributed by atoms with Gasteiger partial charge in [0.1, 0.15) is 5.52 Å². The second-order valence-electron chi connectivity index (χ2n) is 8.26. The molecular formula is C24H30N4O2. The number of oxazole rings is 1. The molecule has 4 rings (SSSR count). The highest BCUT2D eigenvalue weighted by atomic mass is 16.4. The molecular weight excluding hydrogens is 376 g/mol. The summed E-state index contributed by atoms with van der Waals surface area (Å²) < 4.78 is 5.82. The molecule has 2 N–H and O–H groups in total. The van der Waals surface area contributed by atoms with E-state index in [0.717, 1.165) is 31.4 Å². The maximum absolute atomic E-state index is 13.1. The predicted octanol–water partition coefficient (Wildman–Crippen LogP) is 4.95. The minimum atomic E-state index is -0.0860. The zero-order valence-electron chi connectivity index (χ0n) is 17.9. The van der Waals surface area contributed by atoms with Crippen LogP contribution in [0.15, 0.2) is 52.9 Å². The van der Waals surface area contributed by atoms with Crippen molar-refractivity contribution in [1.82, 2.24) is 15.2 Å². The fourth-order valence-corrected chi connectivity index (χ4v) is 4.39. The number of carbonyl (C=O) groups excluding carboxylic acids is 1. The Hall–Kier alpha value is -2.86. The van der Waals surface area contributed by atoms with E-state index in [0.29, 0.717) is 34.8 Å². The van der Waals surface area contributed by atoms with Crippen molar-refractivity contribution in [1.29, 1.82) is 0 Å². The van der Waals surface area contributed by atoms with Gasteiger partial charge in [0.05, 0.1) is 5.56 Å². The first-order valence-electron chi connectivity index (χ1n) is 10.8. The maximum atomic E-state index is 13.1. The quantitative estimate of drug-likeness (QED) is 0.606. The number of hydrogen-bond donors (Lipinski definition) is 2. The Labute approximate surface area is 177 Å². The Bertz CT molecular complexity index is 1000. The van der Waals surface area contributed by atoms with Gasteiger partial charge < -0.3 is 20.0 Å². The summed E-state index contributed by atoms with van der Waals surface area (Å²) in [6, 6.07) is 16.7. The van der Waals surface area contributed by atoms with Crippen molar-refractivity contribution in [2.45, 2.75) is 57.7 Å². The van der Waals surface area contributed by atoms with Crippen molar-refractivity contribution in [2.75, 3.05) is 12.4 Å². The number of carbonyl (C=O) groups is 1. The summed E-state index contributed by atoms with van der Waals surface area (Å²) in [5.41, 5.74) is 2.62. The zero-order chi connectivity index (χ0) is 21.1. The fraction of sp³-hybridized carbons (Fsp3) is 0.417. The molecule has 6 nitrogen and oxygen atoms in total. The molecule has 0 radical (unpaired) electrons. The molecule has 0 bridgehead atoms. The molecule has 2 aromatic carbocycles. The lowest BCUT2D eigenvalue weighted by molar-refractivity contribution is 0.0777. The number of amides is 1. The van der Waals surface area contributed by atoms with Crippen LogP contribution in [0.4, 0.5) is 11.7 Å². The molecule has 3 aromatic rings. The number of nitrogens with zero attached hydrogens (tertiary/aromatic N) is 2. The van der Waals surface area contributed by atoms with Gasteiger partial charge in [-0.2, -0.15) is 4.98 Å². The molecule has 0 saturated carbocycles. The van der Waals surface area contributed by atoms with Gasteiger partial charge in [-0.15, -0.1) is 0 Å². The van der Waals surface area contributed by atoms with E-state index >= 15 is 0 Å². The standard InChI is InChI=1S/C24H30N4O2/c1-4-9-19-15-18(14-16(2)28(19)3)25-23(29)20-12-8-13-21-22(20)27-24(30-21)26-17-10-6-5-7-11-17/h5-8,10-13,16,18-19H,4,9,14-15H2,1-3H3,(H,25,29)(H,26,27). The fourth-order valence-electron chi connectivity index (χ4n) is 4.39. The van der Waals surface area contributed by atoms with Crippen LogP contribution in [0.25, 0.3) is 11.1 Å². The summed E-state index contributed by atoms with van der Waals surface area (Å²) in [6.45, 7) is 4.45. The van der Waals surface area contributed by atoms with Crippen LogP contribution in [0, 0.1) is 0 Å². The third kappa shape index (κ3) is 4.33. The third-order valence-electron chi connectivity index (χ3n) is 6.10. The van der Waals surface area contributed by atoms with Crippen LogP contribution in [0.3, 0.4) is 0 Å². The lowest BCUT2D eigenvalue weighted by atomic mass is 9.90. The first-order valence-corrected chi connectivity index (χ1v) is 10.8. The third-order valence-corrected chi connectivity index (χ3v) is 6.10. The number of anilines is 2. The van der Waals surface area contributed by atoms with Crippen molar-refractivity contribution in [2.24, 2.45) is 0 Å². The summed E-state index contributed by atoms with van der Waals surface area (Å²) in [4.78, 5) is 20.1. The number of hydrogen-bond acceptors (Lipinski definition) is 5. The molecule has 3 unspecified atom stereocenters. The van der Waals surface area contributed by atoms with Crippen LogP contribution in [0.2, 0.25) is 0 Å². The van der Waals surface area contributed by atoms with Crippen LogP contribution in [0.1, 0.15) is 49.9 Å². The van der Waals surface area contributed by atoms with Gasteiger partial charge in [0, 0.05) is 23.8 Å². The highest BCUT2D eigenvalue weighted by Gasteiger charge is 2.31. The number of piperidine rings is 1. The van der Waals surface area contributed by atoms with E-state index in [1.807, 2.05) is 48.5 Å². The van der Waals surface area contributed by atoms with E-state index in [4.69, 9.17) is 4.42 Å². The highest BCUT2D eigenvalue weighted by molar-refractivity contribution is 6.04. The summed E-state index contributed by atoms with van der Waals surface area (Å²) in [7, 11) is 2.19. The lowest BCUT2D eigenvalue weighted by Crippen LogP contribution is -2.52. The van der Waals surface area contributed by atoms with Gasteiger partial charge in [0.15, 0.2) is 5.58 Å². The van der Waals surface area contributed by atoms with Crippen LogP contribution >= 0.6 is 0 Å². The number of fused-ring (bicyclic) bond motifs is 1. The van der Waals surface area contributed by atoms with Crippen molar-refractivity contribution in [3.05, 3.63) is 54.1 Å². The molecule has 1 amide bonds. The van der Waals surface area contributed by atoms with Gasteiger partial charge in [-0.3, -0.25) is 4.79 Å². The van der Waals surface area contributed by atoms with Crippen LogP contribution in [-0.4, -0.2) is 41.0 Å². The molecule has 1 aliphatic rings. The molecule has 158 valence electrons. The highest BCUT2D eigenvalue weighted by Crippen LogP contribution is 2.27. The van der Waals surface area contributed by atoms with Crippen molar-refractivity contribution in [3.63, 3.8) is 0 Å². The van der Waals surface area contributed by atoms with Gasteiger partial charge in [-0.25, -0.2) is 0 Å². The average Bonchev–Trinajstić information content (AvgIpc) is 3.14. The van der Waals surface area contributed by atoms with Crippen LogP contribution in [-0.2, 0) is 0 Å². The molecule has 1 saturated heterocycles. The molecule has 30 heavy (non-hydrogen) atoms. The van der Waals surface area contributed by atoms with E-state index in [1.165, 1.54) is 0 Å². The molecule has 1 fully saturated rings. The number of para-hydroxylation sites is 2. The topological polar surface area (TPSA) is 70.4 Å². The number of likely N-dealkylation sites (tertiary alicyclic amines) is 1. The number of nitrogens with one attached hydrogen (secondary N) is 2. The summed E-state index contributed by atoms with van der Waals surface area (Å²) in [5, 5.41) is 6.41. The molecule has 2 heterocycles. The second-order valence-corrected chi connectivity index (χ2v) is 8.26. The molecule has 1 aromatic heterocycles. The molecule has 0 spiro atoms. The van der Waals surface area contributed by atoms with Crippen molar-refractivity contribution < 1.29 is 9.21 Å². The van der Waals surface area contributed by atoms with E-state index < -0.39 is 0 Å². The SMILES string of the molecule is CCCC1CC(NC(=O)c2cccc3oc(Nc4ccccc4)nc23)CC(C)N1C. The molecule has 1 aliphatic heterocycles. The van der Waals surface area contributed by atoms with E-state index in [1.54, 1.807) is 0 Å².